The lowest BCUT2D eigenvalue weighted by molar-refractivity contribution is -0.137. The number of aliphatic hydroxyl groups is 1. The molecule has 0 spiro atoms. The van der Waals surface area contributed by atoms with Crippen molar-refractivity contribution in [2.24, 2.45) is 5.92 Å². The van der Waals surface area contributed by atoms with Gasteiger partial charge in [-0.3, -0.25) is 9.69 Å². The van der Waals surface area contributed by atoms with E-state index in [9.17, 15) is 9.90 Å². The first-order valence-electron chi connectivity index (χ1n) is 11.9. The summed E-state index contributed by atoms with van der Waals surface area (Å²) in [4.78, 5) is 14.6. The number of ether oxygens (including phenoxy) is 1. The molecule has 0 aromatic heterocycles. The normalized spacial score (nSPS) is 11.6. The van der Waals surface area contributed by atoms with Crippen LogP contribution in [0.15, 0.2) is 30.4 Å². The standard InChI is InChI=1S/C23H37NO3.2C2H6/c1-15(2)20(11-12-24(17(5)6)18(7)8)21-13-19(14-25)9-10-22(21)27-23(26)16(3)4;2*1-2/h9-10,13,16-18,20,25H,1,11-12,14H2,2-8H3;2*1-2H3/t20-;;/m1../s1. The van der Waals surface area contributed by atoms with Crippen molar-refractivity contribution >= 4 is 5.97 Å². The summed E-state index contributed by atoms with van der Waals surface area (Å²) in [6.07, 6.45) is 0.882. The van der Waals surface area contributed by atoms with E-state index in [4.69, 9.17) is 4.74 Å². The summed E-state index contributed by atoms with van der Waals surface area (Å²) in [5, 5.41) is 9.57. The van der Waals surface area contributed by atoms with E-state index in [1.165, 1.54) is 0 Å². The van der Waals surface area contributed by atoms with E-state index in [2.05, 4.69) is 39.2 Å². The van der Waals surface area contributed by atoms with Crippen molar-refractivity contribution < 1.29 is 14.6 Å². The van der Waals surface area contributed by atoms with Gasteiger partial charge in [0.1, 0.15) is 5.75 Å². The molecule has 0 saturated heterocycles. The van der Waals surface area contributed by atoms with Crippen molar-refractivity contribution in [3.63, 3.8) is 0 Å². The molecule has 1 atom stereocenters. The summed E-state index contributed by atoms with van der Waals surface area (Å²) in [5.41, 5.74) is 2.76. The zero-order chi connectivity index (χ0) is 24.7. The minimum absolute atomic E-state index is 0.0432. The molecule has 0 bridgehead atoms. The lowest BCUT2D eigenvalue weighted by atomic mass is 9.87. The molecule has 1 rings (SSSR count). The van der Waals surface area contributed by atoms with Gasteiger partial charge < -0.3 is 9.84 Å². The molecule has 0 fully saturated rings. The van der Waals surface area contributed by atoms with Crippen LogP contribution in [0, 0.1) is 5.92 Å². The Morgan fingerprint density at radius 2 is 1.55 bits per heavy atom. The average molecular weight is 436 g/mol. The first kappa shape index (κ1) is 31.5. The Morgan fingerprint density at radius 1 is 1.03 bits per heavy atom. The highest BCUT2D eigenvalue weighted by Gasteiger charge is 2.23. The number of nitrogens with zero attached hydrogens (tertiary/aromatic N) is 1. The SMILES string of the molecule is C=C(C)[C@@H](CCN(C(C)C)C(C)C)c1cc(CO)ccc1OC(=O)C(C)C.CC.CC. The van der Waals surface area contributed by atoms with Gasteiger partial charge >= 0.3 is 5.97 Å². The maximum atomic E-state index is 12.2. The zero-order valence-electron chi connectivity index (χ0n) is 22.1. The van der Waals surface area contributed by atoms with Gasteiger partial charge in [0.15, 0.2) is 0 Å². The van der Waals surface area contributed by atoms with Crippen LogP contribution in [0.1, 0.15) is 99.6 Å². The van der Waals surface area contributed by atoms with Gasteiger partial charge in [0, 0.05) is 23.6 Å². The molecule has 0 heterocycles. The quantitative estimate of drug-likeness (QED) is 0.245. The number of aliphatic hydroxyl groups excluding tert-OH is 1. The molecule has 1 aromatic rings. The maximum absolute atomic E-state index is 12.2. The molecular formula is C27H49NO3. The monoisotopic (exact) mass is 435 g/mol. The zero-order valence-corrected chi connectivity index (χ0v) is 22.1. The predicted molar refractivity (Wildman–Crippen MR) is 135 cm³/mol. The van der Waals surface area contributed by atoms with Gasteiger partial charge in [-0.15, -0.1) is 0 Å². The molecule has 0 saturated carbocycles. The second-order valence-electron chi connectivity index (χ2n) is 8.22. The first-order valence-corrected chi connectivity index (χ1v) is 11.9. The van der Waals surface area contributed by atoms with E-state index < -0.39 is 0 Å². The first-order chi connectivity index (χ1) is 14.6. The van der Waals surface area contributed by atoms with E-state index in [0.29, 0.717) is 17.8 Å². The molecule has 0 aliphatic heterocycles. The Balaban J connectivity index is 0. The molecule has 0 aliphatic rings. The molecule has 180 valence electrons. The highest BCUT2D eigenvalue weighted by molar-refractivity contribution is 5.74. The van der Waals surface area contributed by atoms with Crippen LogP contribution in [0.3, 0.4) is 0 Å². The second kappa shape index (κ2) is 17.0. The van der Waals surface area contributed by atoms with Crippen molar-refractivity contribution in [1.29, 1.82) is 0 Å². The number of hydrogen-bond donors (Lipinski definition) is 1. The third-order valence-electron chi connectivity index (χ3n) is 4.91. The van der Waals surface area contributed by atoms with Gasteiger partial charge in [-0.25, -0.2) is 0 Å². The second-order valence-corrected chi connectivity index (χ2v) is 8.22. The molecule has 0 unspecified atom stereocenters. The van der Waals surface area contributed by atoms with Crippen LogP contribution in [0.25, 0.3) is 0 Å². The molecule has 4 nitrogen and oxygen atoms in total. The molecule has 0 amide bonds. The number of esters is 1. The molecule has 1 aromatic carbocycles. The molecular weight excluding hydrogens is 386 g/mol. The van der Waals surface area contributed by atoms with Crippen molar-refractivity contribution in [1.82, 2.24) is 4.90 Å². The van der Waals surface area contributed by atoms with E-state index in [1.54, 1.807) is 12.1 Å². The van der Waals surface area contributed by atoms with Gasteiger partial charge in [0.05, 0.1) is 12.5 Å². The Bertz CT molecular complexity index is 627. The fourth-order valence-electron chi connectivity index (χ4n) is 3.35. The third kappa shape index (κ3) is 11.0. The van der Waals surface area contributed by atoms with Gasteiger partial charge in [0.2, 0.25) is 0 Å². The average Bonchev–Trinajstić information content (AvgIpc) is 2.73. The lowest BCUT2D eigenvalue weighted by Gasteiger charge is -2.32. The van der Waals surface area contributed by atoms with Crippen LogP contribution in [-0.2, 0) is 11.4 Å². The smallest absolute Gasteiger partial charge is 0.313 e. The van der Waals surface area contributed by atoms with E-state index in [0.717, 1.165) is 29.7 Å². The Kier molecular flexibility index (Phi) is 17.3. The van der Waals surface area contributed by atoms with E-state index >= 15 is 0 Å². The van der Waals surface area contributed by atoms with E-state index in [-0.39, 0.29) is 24.4 Å². The van der Waals surface area contributed by atoms with Crippen LogP contribution >= 0.6 is 0 Å². The fraction of sp³-hybridized carbons (Fsp3) is 0.667. The van der Waals surface area contributed by atoms with Gasteiger partial charge in [0.25, 0.3) is 0 Å². The number of carbonyl (C=O) groups excluding carboxylic acids is 1. The van der Waals surface area contributed by atoms with Gasteiger partial charge in [-0.05, 0) is 65.3 Å². The number of rotatable bonds is 10. The Morgan fingerprint density at radius 3 is 1.94 bits per heavy atom. The Labute approximate surface area is 192 Å². The van der Waals surface area contributed by atoms with Crippen LogP contribution in [0.5, 0.6) is 5.75 Å². The molecule has 31 heavy (non-hydrogen) atoms. The summed E-state index contributed by atoms with van der Waals surface area (Å²) in [7, 11) is 0. The molecule has 1 N–H and O–H groups in total. The summed E-state index contributed by atoms with van der Waals surface area (Å²) in [6, 6.07) is 6.45. The summed E-state index contributed by atoms with van der Waals surface area (Å²) >= 11 is 0. The predicted octanol–water partition coefficient (Wildman–Crippen LogP) is 6.96. The van der Waals surface area contributed by atoms with Crippen molar-refractivity contribution in [3.05, 3.63) is 41.5 Å². The van der Waals surface area contributed by atoms with Crippen LogP contribution in [0.2, 0.25) is 0 Å². The summed E-state index contributed by atoms with van der Waals surface area (Å²) in [6.45, 7) is 27.6. The molecule has 0 radical (unpaired) electrons. The maximum Gasteiger partial charge on any atom is 0.313 e. The highest BCUT2D eigenvalue weighted by Crippen LogP contribution is 2.35. The van der Waals surface area contributed by atoms with Crippen molar-refractivity contribution in [2.45, 2.75) is 107 Å². The van der Waals surface area contributed by atoms with Crippen LogP contribution < -0.4 is 4.74 Å². The van der Waals surface area contributed by atoms with E-state index in [1.807, 2.05) is 54.5 Å². The molecule has 0 aliphatic carbocycles. The number of allylic oxidation sites excluding steroid dienone is 1. The summed E-state index contributed by atoms with van der Waals surface area (Å²) < 4.78 is 5.66. The summed E-state index contributed by atoms with van der Waals surface area (Å²) in [5.74, 6) is 0.182. The van der Waals surface area contributed by atoms with Crippen molar-refractivity contribution in [3.8, 4) is 5.75 Å². The number of hydrogen-bond acceptors (Lipinski definition) is 4. The van der Waals surface area contributed by atoms with Crippen LogP contribution in [-0.4, -0.2) is 34.6 Å². The largest absolute Gasteiger partial charge is 0.426 e. The number of benzene rings is 1. The Hall–Kier alpha value is -1.65. The third-order valence-corrected chi connectivity index (χ3v) is 4.91. The minimum Gasteiger partial charge on any atom is -0.426 e. The van der Waals surface area contributed by atoms with Crippen LogP contribution in [0.4, 0.5) is 0 Å². The number of carbonyl (C=O) groups is 1. The fourth-order valence-corrected chi connectivity index (χ4v) is 3.35. The highest BCUT2D eigenvalue weighted by atomic mass is 16.5. The van der Waals surface area contributed by atoms with Crippen molar-refractivity contribution in [2.75, 3.05) is 6.54 Å². The van der Waals surface area contributed by atoms with Gasteiger partial charge in [-0.2, -0.15) is 0 Å². The minimum atomic E-state index is -0.251. The molecule has 4 heteroatoms. The van der Waals surface area contributed by atoms with Gasteiger partial charge in [-0.1, -0.05) is 59.8 Å². The topological polar surface area (TPSA) is 49.8 Å². The lowest BCUT2D eigenvalue weighted by Crippen LogP contribution is -2.38.